The largest absolute Gasteiger partial charge is 0.481 e. The number of nitrogens with zero attached hydrogens (tertiary/aromatic N) is 1. The van der Waals surface area contributed by atoms with Crippen LogP contribution in [0.2, 0.25) is 5.02 Å². The van der Waals surface area contributed by atoms with E-state index >= 15 is 0 Å². The van der Waals surface area contributed by atoms with Gasteiger partial charge in [0.1, 0.15) is 0 Å². The van der Waals surface area contributed by atoms with Crippen LogP contribution in [0.1, 0.15) is 23.7 Å². The summed E-state index contributed by atoms with van der Waals surface area (Å²) < 4.78 is 0. The smallest absolute Gasteiger partial charge is 0.308 e. The van der Waals surface area contributed by atoms with Crippen molar-refractivity contribution in [3.05, 3.63) is 28.8 Å². The van der Waals surface area contributed by atoms with Gasteiger partial charge in [-0.2, -0.15) is 0 Å². The highest BCUT2D eigenvalue weighted by Crippen LogP contribution is 2.34. The number of nitrogens with two attached hydrogens (primary N) is 1. The van der Waals surface area contributed by atoms with Crippen LogP contribution in [0.3, 0.4) is 0 Å². The number of benzene rings is 1. The molecule has 0 spiro atoms. The lowest BCUT2D eigenvalue weighted by molar-refractivity contribution is -0.141. The molecular formula is C13H15ClN2O3. The summed E-state index contributed by atoms with van der Waals surface area (Å²) in [6.07, 6.45) is 0.543. The van der Waals surface area contributed by atoms with Gasteiger partial charge in [-0.3, -0.25) is 9.59 Å². The average Bonchev–Trinajstić information content (AvgIpc) is 2.70. The predicted molar refractivity (Wildman–Crippen MR) is 72.5 cm³/mol. The van der Waals surface area contributed by atoms with Crippen molar-refractivity contribution >= 4 is 29.2 Å². The van der Waals surface area contributed by atoms with Gasteiger partial charge in [0.05, 0.1) is 22.2 Å². The molecule has 2 unspecified atom stereocenters. The first kappa shape index (κ1) is 13.7. The van der Waals surface area contributed by atoms with Gasteiger partial charge >= 0.3 is 5.97 Å². The van der Waals surface area contributed by atoms with Gasteiger partial charge in [-0.15, -0.1) is 0 Å². The van der Waals surface area contributed by atoms with E-state index in [4.69, 9.17) is 22.4 Å². The maximum absolute atomic E-state index is 11.5. The Kier molecular flexibility index (Phi) is 3.66. The Labute approximate surface area is 116 Å². The first-order valence-corrected chi connectivity index (χ1v) is 6.39. The molecule has 2 atom stereocenters. The topological polar surface area (TPSA) is 83.6 Å². The molecule has 0 aromatic heterocycles. The maximum atomic E-state index is 11.5. The van der Waals surface area contributed by atoms with Crippen molar-refractivity contribution in [2.75, 3.05) is 11.4 Å². The van der Waals surface area contributed by atoms with Gasteiger partial charge in [0.25, 0.3) is 5.91 Å². The maximum Gasteiger partial charge on any atom is 0.308 e. The van der Waals surface area contributed by atoms with Crippen LogP contribution in [-0.2, 0) is 4.79 Å². The standard InChI is InChI=1S/C13H15ClN2O3/c1-7-8(13(18)19)5-6-16(7)10-4-2-3-9(14)11(10)12(15)17/h2-4,7-8H,5-6H2,1H3,(H2,15,17)(H,18,19). The molecule has 102 valence electrons. The summed E-state index contributed by atoms with van der Waals surface area (Å²) in [4.78, 5) is 24.5. The third kappa shape index (κ3) is 2.38. The second kappa shape index (κ2) is 5.09. The summed E-state index contributed by atoms with van der Waals surface area (Å²) in [5.41, 5.74) is 6.22. The van der Waals surface area contributed by atoms with Gasteiger partial charge in [0.15, 0.2) is 0 Å². The first-order valence-electron chi connectivity index (χ1n) is 6.01. The van der Waals surface area contributed by atoms with E-state index < -0.39 is 17.8 Å². The Morgan fingerprint density at radius 1 is 1.47 bits per heavy atom. The molecule has 1 heterocycles. The fraction of sp³-hybridized carbons (Fsp3) is 0.385. The monoisotopic (exact) mass is 282 g/mol. The van der Waals surface area contributed by atoms with E-state index in [9.17, 15) is 9.59 Å². The third-order valence-electron chi connectivity index (χ3n) is 3.62. The molecule has 0 saturated carbocycles. The zero-order valence-electron chi connectivity index (χ0n) is 10.5. The summed E-state index contributed by atoms with van der Waals surface area (Å²) in [5, 5.41) is 9.43. The Hall–Kier alpha value is -1.75. The van der Waals surface area contributed by atoms with E-state index in [0.29, 0.717) is 18.7 Å². The SMILES string of the molecule is CC1C(C(=O)O)CCN1c1cccc(Cl)c1C(N)=O. The van der Waals surface area contributed by atoms with Crippen molar-refractivity contribution in [2.24, 2.45) is 11.7 Å². The van der Waals surface area contributed by atoms with Gasteiger partial charge in [-0.25, -0.2) is 0 Å². The molecule has 1 aliphatic heterocycles. The number of carboxylic acid groups (broad SMARTS) is 1. The molecule has 1 aliphatic rings. The second-order valence-electron chi connectivity index (χ2n) is 4.67. The molecular weight excluding hydrogens is 268 g/mol. The molecule has 3 N–H and O–H groups in total. The van der Waals surface area contributed by atoms with E-state index in [0.717, 1.165) is 0 Å². The van der Waals surface area contributed by atoms with Gasteiger partial charge in [0.2, 0.25) is 0 Å². The minimum atomic E-state index is -0.822. The highest BCUT2D eigenvalue weighted by Gasteiger charge is 2.37. The number of rotatable bonds is 3. The van der Waals surface area contributed by atoms with Gasteiger partial charge in [-0.05, 0) is 25.5 Å². The van der Waals surface area contributed by atoms with Crippen LogP contribution in [0.15, 0.2) is 18.2 Å². The van der Waals surface area contributed by atoms with E-state index in [2.05, 4.69) is 0 Å². The lowest BCUT2D eigenvalue weighted by Crippen LogP contribution is -2.34. The molecule has 2 rings (SSSR count). The highest BCUT2D eigenvalue weighted by molar-refractivity contribution is 6.34. The average molecular weight is 283 g/mol. The fourth-order valence-electron chi connectivity index (χ4n) is 2.61. The number of carbonyl (C=O) groups is 2. The van der Waals surface area contributed by atoms with Gasteiger partial charge in [0, 0.05) is 12.6 Å². The number of carbonyl (C=O) groups excluding carboxylic acids is 1. The summed E-state index contributed by atoms with van der Waals surface area (Å²) >= 11 is 6.01. The molecule has 0 radical (unpaired) electrons. The quantitative estimate of drug-likeness (QED) is 0.884. The number of aliphatic carboxylic acids is 1. The Balaban J connectivity index is 2.41. The van der Waals surface area contributed by atoms with Crippen molar-refractivity contribution in [2.45, 2.75) is 19.4 Å². The number of amides is 1. The van der Waals surface area contributed by atoms with Crippen molar-refractivity contribution in [1.82, 2.24) is 0 Å². The second-order valence-corrected chi connectivity index (χ2v) is 5.07. The number of hydrogen-bond acceptors (Lipinski definition) is 3. The number of anilines is 1. The molecule has 0 aliphatic carbocycles. The van der Waals surface area contributed by atoms with Crippen LogP contribution in [0.4, 0.5) is 5.69 Å². The molecule has 1 aromatic carbocycles. The zero-order valence-corrected chi connectivity index (χ0v) is 11.2. The molecule has 1 aromatic rings. The molecule has 1 amide bonds. The molecule has 0 bridgehead atoms. The summed E-state index contributed by atoms with van der Waals surface area (Å²) in [5.74, 6) is -1.87. The van der Waals surface area contributed by atoms with E-state index in [1.807, 2.05) is 11.8 Å². The van der Waals surface area contributed by atoms with E-state index in [1.165, 1.54) is 0 Å². The molecule has 5 nitrogen and oxygen atoms in total. The normalized spacial score (nSPS) is 22.5. The fourth-order valence-corrected chi connectivity index (χ4v) is 2.87. The van der Waals surface area contributed by atoms with E-state index in [1.54, 1.807) is 18.2 Å². The van der Waals surface area contributed by atoms with E-state index in [-0.39, 0.29) is 16.6 Å². The number of carboxylic acids is 1. The van der Waals surface area contributed by atoms with Crippen molar-refractivity contribution in [1.29, 1.82) is 0 Å². The first-order chi connectivity index (χ1) is 8.93. The Bertz CT molecular complexity index is 533. The Morgan fingerprint density at radius 2 is 2.16 bits per heavy atom. The van der Waals surface area contributed by atoms with Crippen LogP contribution in [0.25, 0.3) is 0 Å². The van der Waals surface area contributed by atoms with Crippen molar-refractivity contribution in [3.63, 3.8) is 0 Å². The summed E-state index contributed by atoms with van der Waals surface area (Å²) in [6.45, 7) is 2.40. The van der Waals surface area contributed by atoms with Crippen LogP contribution in [-0.4, -0.2) is 29.6 Å². The molecule has 1 fully saturated rings. The van der Waals surface area contributed by atoms with Crippen LogP contribution < -0.4 is 10.6 Å². The molecule has 19 heavy (non-hydrogen) atoms. The van der Waals surface area contributed by atoms with Crippen molar-refractivity contribution in [3.8, 4) is 0 Å². The number of hydrogen-bond donors (Lipinski definition) is 2. The van der Waals surface area contributed by atoms with Gasteiger partial charge in [-0.1, -0.05) is 17.7 Å². The lowest BCUT2D eigenvalue weighted by atomic mass is 10.0. The molecule has 1 saturated heterocycles. The zero-order chi connectivity index (χ0) is 14.2. The molecule has 6 heteroatoms. The van der Waals surface area contributed by atoms with Crippen LogP contribution >= 0.6 is 11.6 Å². The summed E-state index contributed by atoms with van der Waals surface area (Å²) in [7, 11) is 0. The minimum absolute atomic E-state index is 0.200. The Morgan fingerprint density at radius 3 is 2.68 bits per heavy atom. The number of halogens is 1. The van der Waals surface area contributed by atoms with Crippen LogP contribution in [0.5, 0.6) is 0 Å². The lowest BCUT2D eigenvalue weighted by Gasteiger charge is -2.27. The van der Waals surface area contributed by atoms with Crippen molar-refractivity contribution < 1.29 is 14.7 Å². The minimum Gasteiger partial charge on any atom is -0.481 e. The highest BCUT2D eigenvalue weighted by atomic mass is 35.5. The van der Waals surface area contributed by atoms with Gasteiger partial charge < -0.3 is 15.7 Å². The van der Waals surface area contributed by atoms with Crippen LogP contribution in [0, 0.1) is 5.92 Å². The third-order valence-corrected chi connectivity index (χ3v) is 3.93. The summed E-state index contributed by atoms with van der Waals surface area (Å²) in [6, 6.07) is 4.87. The predicted octanol–water partition coefficient (Wildman–Crippen LogP) is 1.74. The number of primary amides is 1.